The maximum atomic E-state index is 14.5. The third kappa shape index (κ3) is 5.14. The zero-order valence-corrected chi connectivity index (χ0v) is 20.4. The molecule has 0 unspecified atom stereocenters. The van der Waals surface area contributed by atoms with Crippen LogP contribution in [0.5, 0.6) is 0 Å². The molecular weight excluding hydrogens is 461 g/mol. The topological polar surface area (TPSA) is 117 Å². The number of fused-ring (bicyclic) bond motifs is 1. The highest BCUT2D eigenvalue weighted by Gasteiger charge is 2.28. The van der Waals surface area contributed by atoms with E-state index in [0.29, 0.717) is 24.2 Å². The van der Waals surface area contributed by atoms with E-state index in [1.807, 2.05) is 25.7 Å². The number of anilines is 2. The first-order chi connectivity index (χ1) is 15.9. The van der Waals surface area contributed by atoms with Crippen molar-refractivity contribution in [2.24, 2.45) is 0 Å². The van der Waals surface area contributed by atoms with E-state index in [0.717, 1.165) is 30.7 Å². The Morgan fingerprint density at radius 1 is 1.21 bits per heavy atom. The number of carbonyl (C=O) groups is 1. The smallest absolute Gasteiger partial charge is 0.317 e. The van der Waals surface area contributed by atoms with Gasteiger partial charge in [0.25, 0.3) is 0 Å². The molecule has 3 aromatic rings. The molecule has 2 amide bonds. The molecule has 0 bridgehead atoms. The summed E-state index contributed by atoms with van der Waals surface area (Å²) in [6, 6.07) is 3.58. The van der Waals surface area contributed by atoms with Crippen LogP contribution in [0.15, 0.2) is 40.1 Å². The maximum Gasteiger partial charge on any atom is 0.317 e. The number of urea groups is 1. The lowest BCUT2D eigenvalue weighted by Crippen LogP contribution is -2.50. The lowest BCUT2D eigenvalue weighted by atomic mass is 9.90. The summed E-state index contributed by atoms with van der Waals surface area (Å²) in [6.45, 7) is 7.09. The van der Waals surface area contributed by atoms with E-state index in [4.69, 9.17) is 4.42 Å². The summed E-state index contributed by atoms with van der Waals surface area (Å²) in [5.74, 6) is -0.278. The zero-order valence-electron chi connectivity index (χ0n) is 19.6. The molecule has 0 aliphatic carbocycles. The van der Waals surface area contributed by atoms with Crippen LogP contribution in [0.3, 0.4) is 0 Å². The van der Waals surface area contributed by atoms with Crippen LogP contribution in [0.2, 0.25) is 0 Å². The summed E-state index contributed by atoms with van der Waals surface area (Å²) < 4.78 is 43.6. The molecule has 1 aromatic carbocycles. The summed E-state index contributed by atoms with van der Waals surface area (Å²) in [7, 11) is -3.52. The van der Waals surface area contributed by atoms with Gasteiger partial charge in [-0.05, 0) is 57.7 Å². The minimum absolute atomic E-state index is 0.0688. The lowest BCUT2D eigenvalue weighted by Gasteiger charge is -2.34. The minimum Gasteiger partial charge on any atom is -0.458 e. The number of nitrogens with zero attached hydrogens (tertiary/aromatic N) is 3. The molecule has 0 atom stereocenters. The molecule has 182 valence electrons. The molecule has 11 heteroatoms. The largest absolute Gasteiger partial charge is 0.458 e. The first-order valence-electron chi connectivity index (χ1n) is 11.0. The van der Waals surface area contributed by atoms with Gasteiger partial charge in [0.1, 0.15) is 17.7 Å². The number of likely N-dealkylation sites (tertiary alicyclic amines) is 1. The van der Waals surface area contributed by atoms with E-state index in [2.05, 4.69) is 20.6 Å². The predicted octanol–water partition coefficient (Wildman–Crippen LogP) is 4.20. The van der Waals surface area contributed by atoms with Crippen LogP contribution in [-0.2, 0) is 9.84 Å². The average Bonchev–Trinajstić information content (AvgIpc) is 3.18. The van der Waals surface area contributed by atoms with Crippen molar-refractivity contribution in [1.29, 1.82) is 0 Å². The van der Waals surface area contributed by atoms with E-state index in [1.165, 1.54) is 18.5 Å². The summed E-state index contributed by atoms with van der Waals surface area (Å²) >= 11 is 0. The highest BCUT2D eigenvalue weighted by molar-refractivity contribution is 7.90. The van der Waals surface area contributed by atoms with Gasteiger partial charge in [0.05, 0.1) is 16.8 Å². The van der Waals surface area contributed by atoms with E-state index in [-0.39, 0.29) is 33.9 Å². The van der Waals surface area contributed by atoms with Crippen LogP contribution in [-0.4, -0.2) is 54.2 Å². The highest BCUT2D eigenvalue weighted by Crippen LogP contribution is 2.36. The van der Waals surface area contributed by atoms with E-state index in [1.54, 1.807) is 6.26 Å². The van der Waals surface area contributed by atoms with Crippen molar-refractivity contribution in [3.63, 3.8) is 0 Å². The summed E-state index contributed by atoms with van der Waals surface area (Å²) in [5.41, 5.74) is 1.72. The van der Waals surface area contributed by atoms with Gasteiger partial charge < -0.3 is 20.0 Å². The van der Waals surface area contributed by atoms with Gasteiger partial charge in [0, 0.05) is 30.4 Å². The summed E-state index contributed by atoms with van der Waals surface area (Å²) in [5, 5.41) is 5.87. The maximum absolute atomic E-state index is 14.5. The van der Waals surface area contributed by atoms with Crippen molar-refractivity contribution in [3.05, 3.63) is 42.2 Å². The standard InChI is InChI=1S/C23H28FN5O4S/c1-23(2,3)28-22(30)29-9-7-14(8-10-29)16-12-33-20-19(16)25-13-26-21(20)27-18-6-5-15(11-17(18)24)34(4,31)32/h5-6,11-14H,7-10H2,1-4H3,(H,28,30)(H,25,26,27). The van der Waals surface area contributed by atoms with Gasteiger partial charge in [-0.15, -0.1) is 0 Å². The molecule has 2 N–H and O–H groups in total. The molecule has 34 heavy (non-hydrogen) atoms. The number of carbonyl (C=O) groups excluding carboxylic acids is 1. The quantitative estimate of drug-likeness (QED) is 0.564. The van der Waals surface area contributed by atoms with Gasteiger partial charge in [0.2, 0.25) is 0 Å². The number of nitrogens with one attached hydrogen (secondary N) is 2. The molecule has 1 fully saturated rings. The first kappa shape index (κ1) is 23.9. The Morgan fingerprint density at radius 3 is 2.53 bits per heavy atom. The number of benzene rings is 1. The van der Waals surface area contributed by atoms with Crippen LogP contribution in [0, 0.1) is 5.82 Å². The van der Waals surface area contributed by atoms with Gasteiger partial charge in [0.15, 0.2) is 21.2 Å². The van der Waals surface area contributed by atoms with E-state index >= 15 is 0 Å². The molecule has 1 aliphatic heterocycles. The van der Waals surface area contributed by atoms with Gasteiger partial charge in [-0.2, -0.15) is 0 Å². The minimum atomic E-state index is -3.52. The second-order valence-electron chi connectivity index (χ2n) is 9.57. The van der Waals surface area contributed by atoms with Gasteiger partial charge in [-0.25, -0.2) is 27.6 Å². The van der Waals surface area contributed by atoms with Crippen molar-refractivity contribution in [3.8, 4) is 0 Å². The SMILES string of the molecule is CC(C)(C)NC(=O)N1CCC(c2coc3c(Nc4ccc(S(C)(=O)=O)cc4F)ncnc23)CC1. The van der Waals surface area contributed by atoms with Crippen LogP contribution in [0.4, 0.5) is 20.7 Å². The van der Waals surface area contributed by atoms with Gasteiger partial charge in [-0.1, -0.05) is 0 Å². The van der Waals surface area contributed by atoms with Gasteiger partial charge >= 0.3 is 6.03 Å². The number of rotatable bonds is 4. The van der Waals surface area contributed by atoms with Crippen LogP contribution < -0.4 is 10.6 Å². The average molecular weight is 490 g/mol. The zero-order chi connectivity index (χ0) is 24.7. The Labute approximate surface area is 197 Å². The van der Waals surface area contributed by atoms with Crippen molar-refractivity contribution < 1.29 is 22.0 Å². The second kappa shape index (κ2) is 8.86. The Hall–Kier alpha value is -3.21. The number of hydrogen-bond acceptors (Lipinski definition) is 7. The van der Waals surface area contributed by atoms with Crippen LogP contribution >= 0.6 is 0 Å². The Kier molecular flexibility index (Phi) is 6.24. The van der Waals surface area contributed by atoms with E-state index in [9.17, 15) is 17.6 Å². The highest BCUT2D eigenvalue weighted by atomic mass is 32.2. The Bertz CT molecular complexity index is 1320. The second-order valence-corrected chi connectivity index (χ2v) is 11.6. The number of piperidine rings is 1. The monoisotopic (exact) mass is 489 g/mol. The fourth-order valence-electron chi connectivity index (χ4n) is 4.00. The number of aromatic nitrogens is 2. The fourth-order valence-corrected chi connectivity index (χ4v) is 4.63. The van der Waals surface area contributed by atoms with Crippen LogP contribution in [0.1, 0.15) is 45.1 Å². The molecule has 2 aromatic heterocycles. The van der Waals surface area contributed by atoms with Crippen molar-refractivity contribution >= 4 is 38.5 Å². The molecule has 0 spiro atoms. The normalized spacial score (nSPS) is 15.5. The molecular formula is C23H28FN5O4S. The molecule has 0 saturated carbocycles. The molecule has 1 saturated heterocycles. The predicted molar refractivity (Wildman–Crippen MR) is 126 cm³/mol. The third-order valence-corrected chi connectivity index (χ3v) is 6.82. The number of hydrogen-bond donors (Lipinski definition) is 2. The first-order valence-corrected chi connectivity index (χ1v) is 12.9. The fraction of sp³-hybridized carbons (Fsp3) is 0.435. The van der Waals surface area contributed by atoms with Crippen molar-refractivity contribution in [2.75, 3.05) is 24.7 Å². The summed E-state index contributed by atoms with van der Waals surface area (Å²) in [6.07, 6.45) is 5.57. The third-order valence-electron chi connectivity index (χ3n) is 5.71. The van der Waals surface area contributed by atoms with Crippen LogP contribution in [0.25, 0.3) is 11.1 Å². The molecule has 0 radical (unpaired) electrons. The Balaban J connectivity index is 1.51. The molecule has 1 aliphatic rings. The summed E-state index contributed by atoms with van der Waals surface area (Å²) in [4.78, 5) is 22.7. The molecule has 4 rings (SSSR count). The van der Waals surface area contributed by atoms with E-state index < -0.39 is 15.7 Å². The Morgan fingerprint density at radius 2 is 1.91 bits per heavy atom. The molecule has 3 heterocycles. The number of furan rings is 1. The number of amides is 2. The molecule has 9 nitrogen and oxygen atoms in total. The number of sulfone groups is 1. The van der Waals surface area contributed by atoms with Gasteiger partial charge in [-0.3, -0.25) is 0 Å². The lowest BCUT2D eigenvalue weighted by molar-refractivity contribution is 0.173. The van der Waals surface area contributed by atoms with Crippen molar-refractivity contribution in [1.82, 2.24) is 20.2 Å². The van der Waals surface area contributed by atoms with Crippen molar-refractivity contribution in [2.45, 2.75) is 50.0 Å². The number of halogens is 1.